The second kappa shape index (κ2) is 9.27. The van der Waals surface area contributed by atoms with Gasteiger partial charge in [-0.05, 0) is 54.3 Å². The third-order valence-electron chi connectivity index (χ3n) is 3.55. The van der Waals surface area contributed by atoms with Crippen molar-refractivity contribution >= 4 is 22.4 Å². The number of hydrogen-bond acceptors (Lipinski definition) is 0. The number of halogens is 1. The van der Waals surface area contributed by atoms with E-state index in [4.69, 9.17) is 11.6 Å². The molecule has 0 aromatic heterocycles. The van der Waals surface area contributed by atoms with Crippen LogP contribution in [0.15, 0.2) is 60.7 Å². The molecule has 0 aliphatic rings. The molecule has 1 heteroatoms. The number of fused-ring (bicyclic) bond motifs is 1. The highest BCUT2D eigenvalue weighted by atomic mass is 35.5. The van der Waals surface area contributed by atoms with E-state index in [2.05, 4.69) is 62.4 Å². The highest BCUT2D eigenvalue weighted by Gasteiger charge is 1.94. The van der Waals surface area contributed by atoms with Gasteiger partial charge in [-0.15, -0.1) is 0 Å². The smallest absolute Gasteiger partial charge is 0.0437 e. The minimum atomic E-state index is 0. The molecule has 0 saturated heterocycles. The molecule has 0 nitrogen and oxygen atoms in total. The van der Waals surface area contributed by atoms with Gasteiger partial charge in [0, 0.05) is 5.02 Å². The molecule has 0 atom stereocenters. The molecule has 0 aliphatic heterocycles. The van der Waals surface area contributed by atoms with Crippen molar-refractivity contribution in [2.24, 2.45) is 0 Å². The normalized spacial score (nSPS) is 9.09. The second-order valence-corrected chi connectivity index (χ2v) is 5.38. The quantitative estimate of drug-likeness (QED) is 0.406. The average molecular weight is 315 g/mol. The summed E-state index contributed by atoms with van der Waals surface area (Å²) in [7, 11) is 0. The van der Waals surface area contributed by atoms with Crippen LogP contribution in [0.25, 0.3) is 10.8 Å². The molecule has 22 heavy (non-hydrogen) atoms. The molecule has 0 bridgehead atoms. The molecule has 0 N–H and O–H groups in total. The largest absolute Gasteiger partial charge is 0.0840 e. The first-order chi connectivity index (χ1) is 9.59. The van der Waals surface area contributed by atoms with Gasteiger partial charge in [0.15, 0.2) is 0 Å². The van der Waals surface area contributed by atoms with Crippen molar-refractivity contribution in [1.82, 2.24) is 0 Å². The van der Waals surface area contributed by atoms with Crippen LogP contribution in [0.2, 0.25) is 5.02 Å². The van der Waals surface area contributed by atoms with Gasteiger partial charge in [-0.3, -0.25) is 0 Å². The summed E-state index contributed by atoms with van der Waals surface area (Å²) in [4.78, 5) is 0. The van der Waals surface area contributed by atoms with Crippen LogP contribution in [0, 0.1) is 20.8 Å². The van der Waals surface area contributed by atoms with E-state index >= 15 is 0 Å². The van der Waals surface area contributed by atoms with Crippen molar-refractivity contribution < 1.29 is 0 Å². The highest BCUT2D eigenvalue weighted by Crippen LogP contribution is 2.17. The molecular formula is C21H27Cl. The van der Waals surface area contributed by atoms with Gasteiger partial charge in [-0.1, -0.05) is 81.1 Å². The summed E-state index contributed by atoms with van der Waals surface area (Å²) in [5.41, 5.74) is 3.78. The van der Waals surface area contributed by atoms with Gasteiger partial charge >= 0.3 is 0 Å². The lowest BCUT2D eigenvalue weighted by Gasteiger charge is -1.98. The fourth-order valence-corrected chi connectivity index (χ4v) is 2.32. The Bertz CT molecular complexity index is 688. The predicted molar refractivity (Wildman–Crippen MR) is 103 cm³/mol. The van der Waals surface area contributed by atoms with Gasteiger partial charge in [0.25, 0.3) is 0 Å². The second-order valence-electron chi connectivity index (χ2n) is 4.98. The molecule has 3 aromatic rings. The predicted octanol–water partition coefficient (Wildman–Crippen LogP) is 7.38. The van der Waals surface area contributed by atoms with Crippen molar-refractivity contribution in [3.63, 3.8) is 0 Å². The molecule has 0 fully saturated rings. The Labute approximate surface area is 140 Å². The highest BCUT2D eigenvalue weighted by molar-refractivity contribution is 6.31. The molecule has 0 aliphatic carbocycles. The summed E-state index contributed by atoms with van der Waals surface area (Å²) < 4.78 is 0. The minimum absolute atomic E-state index is 0. The molecule has 0 heterocycles. The third-order valence-corrected chi connectivity index (χ3v) is 3.96. The Morgan fingerprint density at radius 3 is 1.77 bits per heavy atom. The summed E-state index contributed by atoms with van der Waals surface area (Å²) in [5.74, 6) is 0. The minimum Gasteiger partial charge on any atom is -0.0840 e. The van der Waals surface area contributed by atoms with Crippen molar-refractivity contribution in [1.29, 1.82) is 0 Å². The van der Waals surface area contributed by atoms with Crippen LogP contribution in [0.5, 0.6) is 0 Å². The maximum absolute atomic E-state index is 5.81. The van der Waals surface area contributed by atoms with Gasteiger partial charge in [0.1, 0.15) is 0 Å². The molecule has 0 saturated carbocycles. The van der Waals surface area contributed by atoms with Crippen LogP contribution in [-0.2, 0) is 0 Å². The van der Waals surface area contributed by atoms with E-state index in [0.29, 0.717) is 0 Å². The lowest BCUT2D eigenvalue weighted by Crippen LogP contribution is -1.78. The van der Waals surface area contributed by atoms with E-state index in [1.54, 1.807) is 0 Å². The van der Waals surface area contributed by atoms with E-state index in [0.717, 1.165) is 5.02 Å². The fourth-order valence-electron chi connectivity index (χ4n) is 2.10. The van der Waals surface area contributed by atoms with E-state index in [9.17, 15) is 0 Å². The van der Waals surface area contributed by atoms with Gasteiger partial charge in [0.05, 0.1) is 0 Å². The van der Waals surface area contributed by atoms with Crippen molar-refractivity contribution in [3.05, 3.63) is 82.4 Å². The Balaban J connectivity index is 0.000000374. The van der Waals surface area contributed by atoms with Gasteiger partial charge in [-0.25, -0.2) is 0 Å². The van der Waals surface area contributed by atoms with Gasteiger partial charge in [-0.2, -0.15) is 0 Å². The zero-order valence-electron chi connectivity index (χ0n) is 12.2. The van der Waals surface area contributed by atoms with E-state index in [1.165, 1.54) is 27.5 Å². The monoisotopic (exact) mass is 314 g/mol. The summed E-state index contributed by atoms with van der Waals surface area (Å²) in [6.07, 6.45) is 0. The summed E-state index contributed by atoms with van der Waals surface area (Å²) in [6.45, 7) is 6.22. The number of benzene rings is 3. The average Bonchev–Trinajstić information content (AvgIpc) is 2.46. The molecule has 118 valence electrons. The Morgan fingerprint density at radius 2 is 1.18 bits per heavy atom. The van der Waals surface area contributed by atoms with E-state index in [-0.39, 0.29) is 14.9 Å². The first-order valence-corrected chi connectivity index (χ1v) is 7.13. The molecule has 0 unspecified atom stereocenters. The van der Waals surface area contributed by atoms with Crippen LogP contribution in [-0.4, -0.2) is 0 Å². The molecule has 3 aromatic carbocycles. The molecule has 0 spiro atoms. The Hall–Kier alpha value is -1.79. The zero-order valence-corrected chi connectivity index (χ0v) is 12.9. The van der Waals surface area contributed by atoms with Crippen molar-refractivity contribution in [3.8, 4) is 0 Å². The lowest BCUT2D eigenvalue weighted by molar-refractivity contribution is 1.34. The maximum Gasteiger partial charge on any atom is 0.0437 e. The Morgan fingerprint density at radius 1 is 0.636 bits per heavy atom. The summed E-state index contributed by atoms with van der Waals surface area (Å²) in [5, 5.41) is 3.54. The van der Waals surface area contributed by atoms with Crippen LogP contribution in [0.3, 0.4) is 0 Å². The first kappa shape index (κ1) is 20.2. The third kappa shape index (κ3) is 4.89. The number of rotatable bonds is 0. The van der Waals surface area contributed by atoms with Crippen LogP contribution in [0.4, 0.5) is 0 Å². The van der Waals surface area contributed by atoms with Crippen LogP contribution >= 0.6 is 11.6 Å². The standard InChI is InChI=1S/C11H10.C8H9Cl.2CH4/c1-9-5-4-7-10-6-2-3-8-11(9)10;1-6-4-3-5-8(9)7(6)2;;/h2-8H,1H3;3-5H,1-2H3;2*1H4. The molecular weight excluding hydrogens is 288 g/mol. The maximum atomic E-state index is 5.81. The topological polar surface area (TPSA) is 0 Å². The molecule has 3 rings (SSSR count). The van der Waals surface area contributed by atoms with Crippen LogP contribution in [0.1, 0.15) is 31.5 Å². The number of aryl methyl sites for hydroxylation is 2. The van der Waals surface area contributed by atoms with Gasteiger partial charge < -0.3 is 0 Å². The zero-order chi connectivity index (χ0) is 14.5. The van der Waals surface area contributed by atoms with Crippen LogP contribution < -0.4 is 0 Å². The number of hydrogen-bond donors (Lipinski definition) is 0. The molecule has 0 radical (unpaired) electrons. The summed E-state index contributed by atoms with van der Waals surface area (Å²) in [6, 6.07) is 20.8. The van der Waals surface area contributed by atoms with Gasteiger partial charge in [0.2, 0.25) is 0 Å². The lowest BCUT2D eigenvalue weighted by atomic mass is 10.1. The molecule has 0 amide bonds. The summed E-state index contributed by atoms with van der Waals surface area (Å²) >= 11 is 5.81. The van der Waals surface area contributed by atoms with E-state index < -0.39 is 0 Å². The van der Waals surface area contributed by atoms with E-state index in [1.807, 2.05) is 19.1 Å². The van der Waals surface area contributed by atoms with Crippen molar-refractivity contribution in [2.45, 2.75) is 35.6 Å². The SMILES string of the molecule is C.C.Cc1cccc(Cl)c1C.Cc1cccc2ccccc12. The first-order valence-electron chi connectivity index (χ1n) is 6.75. The fraction of sp³-hybridized carbons (Fsp3) is 0.238. The Kier molecular flexibility index (Phi) is 8.52. The van der Waals surface area contributed by atoms with Crippen molar-refractivity contribution in [2.75, 3.05) is 0 Å².